The molecule has 0 aliphatic carbocycles. The molecule has 0 fully saturated rings. The van der Waals surface area contributed by atoms with Crippen molar-refractivity contribution in [2.45, 2.75) is 6.92 Å². The summed E-state index contributed by atoms with van der Waals surface area (Å²) in [7, 11) is 1.76. The molecule has 0 saturated heterocycles. The summed E-state index contributed by atoms with van der Waals surface area (Å²) in [4.78, 5) is 15.4. The van der Waals surface area contributed by atoms with Crippen LogP contribution in [-0.2, 0) is 0 Å². The Balaban J connectivity index is 2.80. The number of ketones is 1. The SMILES string of the molecule is CNc1cc(Cl)nn2c(C(C)=O)cnc12. The molecule has 0 bridgehead atoms. The Morgan fingerprint density at radius 3 is 2.93 bits per heavy atom. The summed E-state index contributed by atoms with van der Waals surface area (Å²) in [5, 5.41) is 7.28. The molecule has 0 radical (unpaired) electrons. The molecule has 0 saturated carbocycles. The van der Waals surface area contributed by atoms with E-state index in [1.54, 1.807) is 13.1 Å². The maximum Gasteiger partial charge on any atom is 0.179 e. The van der Waals surface area contributed by atoms with Crippen molar-refractivity contribution in [2.24, 2.45) is 0 Å². The normalized spacial score (nSPS) is 10.6. The number of aromatic nitrogens is 3. The van der Waals surface area contributed by atoms with Crippen molar-refractivity contribution in [1.82, 2.24) is 14.6 Å². The third kappa shape index (κ3) is 1.55. The number of halogens is 1. The summed E-state index contributed by atoms with van der Waals surface area (Å²) >= 11 is 5.83. The van der Waals surface area contributed by atoms with Crippen LogP contribution in [0.15, 0.2) is 12.3 Å². The van der Waals surface area contributed by atoms with E-state index in [1.807, 2.05) is 0 Å². The van der Waals surface area contributed by atoms with Crippen LogP contribution in [0.4, 0.5) is 5.69 Å². The van der Waals surface area contributed by atoms with Crippen molar-refractivity contribution in [2.75, 3.05) is 12.4 Å². The number of carbonyl (C=O) groups is 1. The summed E-state index contributed by atoms with van der Waals surface area (Å²) in [5.41, 5.74) is 1.75. The third-order valence-electron chi connectivity index (χ3n) is 2.07. The van der Waals surface area contributed by atoms with Crippen molar-refractivity contribution in [1.29, 1.82) is 0 Å². The van der Waals surface area contributed by atoms with Crippen LogP contribution in [0, 0.1) is 0 Å². The van der Waals surface area contributed by atoms with E-state index in [0.717, 1.165) is 5.69 Å². The number of nitrogens with one attached hydrogen (secondary N) is 1. The Bertz CT molecular complexity index is 534. The highest BCUT2D eigenvalue weighted by Crippen LogP contribution is 2.19. The molecule has 2 heterocycles. The number of carbonyl (C=O) groups excluding carboxylic acids is 1. The number of Topliss-reactive ketones (excluding diaryl/α,β-unsaturated/α-hetero) is 1. The van der Waals surface area contributed by atoms with Gasteiger partial charge < -0.3 is 5.32 Å². The van der Waals surface area contributed by atoms with Crippen LogP contribution in [0.25, 0.3) is 5.65 Å². The number of fused-ring (bicyclic) bond motifs is 1. The second-order valence-electron chi connectivity index (χ2n) is 3.07. The molecule has 5 nitrogen and oxygen atoms in total. The van der Waals surface area contributed by atoms with Gasteiger partial charge in [-0.25, -0.2) is 9.50 Å². The minimum absolute atomic E-state index is 0.0979. The lowest BCUT2D eigenvalue weighted by atomic mass is 10.3. The first kappa shape index (κ1) is 9.92. The molecule has 2 rings (SSSR count). The van der Waals surface area contributed by atoms with Gasteiger partial charge in [0.15, 0.2) is 16.6 Å². The molecule has 6 heteroatoms. The van der Waals surface area contributed by atoms with Gasteiger partial charge in [0, 0.05) is 20.0 Å². The lowest BCUT2D eigenvalue weighted by Gasteiger charge is -2.03. The van der Waals surface area contributed by atoms with Crippen molar-refractivity contribution in [3.05, 3.63) is 23.1 Å². The number of anilines is 1. The smallest absolute Gasteiger partial charge is 0.179 e. The Morgan fingerprint density at radius 1 is 1.60 bits per heavy atom. The van der Waals surface area contributed by atoms with Crippen LogP contribution in [0.3, 0.4) is 0 Å². The molecule has 0 aromatic carbocycles. The zero-order valence-corrected chi connectivity index (χ0v) is 9.04. The third-order valence-corrected chi connectivity index (χ3v) is 2.25. The largest absolute Gasteiger partial charge is 0.385 e. The molecule has 15 heavy (non-hydrogen) atoms. The Hall–Kier alpha value is -1.62. The van der Waals surface area contributed by atoms with Gasteiger partial charge in [0.25, 0.3) is 0 Å². The maximum absolute atomic E-state index is 11.3. The van der Waals surface area contributed by atoms with E-state index in [9.17, 15) is 4.79 Å². The first-order chi connectivity index (χ1) is 7.13. The topological polar surface area (TPSA) is 59.3 Å². The summed E-state index contributed by atoms with van der Waals surface area (Å²) in [5.74, 6) is -0.0979. The van der Waals surface area contributed by atoms with Crippen LogP contribution in [0.5, 0.6) is 0 Å². The van der Waals surface area contributed by atoms with Gasteiger partial charge in [-0.05, 0) is 0 Å². The fraction of sp³-hybridized carbons (Fsp3) is 0.222. The molecule has 0 amide bonds. The first-order valence-electron chi connectivity index (χ1n) is 4.36. The molecular weight excluding hydrogens is 216 g/mol. The Labute approximate surface area is 91.1 Å². The summed E-state index contributed by atoms with van der Waals surface area (Å²) in [6.45, 7) is 1.46. The predicted octanol–water partition coefficient (Wildman–Crippen LogP) is 1.63. The van der Waals surface area contributed by atoms with Crippen LogP contribution in [0.2, 0.25) is 5.15 Å². The highest BCUT2D eigenvalue weighted by molar-refractivity contribution is 6.29. The van der Waals surface area contributed by atoms with E-state index in [1.165, 1.54) is 17.6 Å². The van der Waals surface area contributed by atoms with Crippen LogP contribution < -0.4 is 5.32 Å². The van der Waals surface area contributed by atoms with E-state index in [4.69, 9.17) is 11.6 Å². The summed E-state index contributed by atoms with van der Waals surface area (Å²) in [6.07, 6.45) is 1.49. The van der Waals surface area contributed by atoms with Crippen molar-refractivity contribution < 1.29 is 4.79 Å². The molecule has 0 spiro atoms. The zero-order valence-electron chi connectivity index (χ0n) is 8.28. The Morgan fingerprint density at radius 2 is 2.33 bits per heavy atom. The van der Waals surface area contributed by atoms with Crippen LogP contribution in [0.1, 0.15) is 17.4 Å². The zero-order chi connectivity index (χ0) is 11.0. The second-order valence-corrected chi connectivity index (χ2v) is 3.45. The van der Waals surface area contributed by atoms with E-state index >= 15 is 0 Å². The van der Waals surface area contributed by atoms with Gasteiger partial charge in [-0.3, -0.25) is 4.79 Å². The van der Waals surface area contributed by atoms with Crippen LogP contribution in [-0.4, -0.2) is 27.4 Å². The van der Waals surface area contributed by atoms with E-state index in [-0.39, 0.29) is 5.78 Å². The van der Waals surface area contributed by atoms with Gasteiger partial charge in [-0.15, -0.1) is 0 Å². The standard InChI is InChI=1S/C9H9ClN4O/c1-5(15)7-4-12-9-6(11-2)3-8(10)13-14(7)9/h3-4,11H,1-2H3. The molecule has 78 valence electrons. The van der Waals surface area contributed by atoms with Gasteiger partial charge in [-0.2, -0.15) is 5.10 Å². The molecule has 2 aromatic heterocycles. The molecule has 0 aliphatic heterocycles. The first-order valence-corrected chi connectivity index (χ1v) is 4.74. The molecule has 0 aliphatic rings. The summed E-state index contributed by atoms with van der Waals surface area (Å²) in [6, 6.07) is 1.66. The number of imidazole rings is 1. The average molecular weight is 225 g/mol. The lowest BCUT2D eigenvalue weighted by Crippen LogP contribution is -2.04. The van der Waals surface area contributed by atoms with Gasteiger partial charge in [0.05, 0.1) is 11.9 Å². The Kier molecular flexibility index (Phi) is 2.32. The monoisotopic (exact) mass is 224 g/mol. The van der Waals surface area contributed by atoms with Crippen molar-refractivity contribution in [3.63, 3.8) is 0 Å². The van der Waals surface area contributed by atoms with E-state index < -0.39 is 0 Å². The minimum atomic E-state index is -0.0979. The second kappa shape index (κ2) is 3.51. The molecule has 2 aromatic rings. The van der Waals surface area contributed by atoms with Crippen molar-refractivity contribution in [3.8, 4) is 0 Å². The fourth-order valence-corrected chi connectivity index (χ4v) is 1.55. The fourth-order valence-electron chi connectivity index (χ4n) is 1.36. The number of rotatable bonds is 2. The number of nitrogens with zero attached hydrogens (tertiary/aromatic N) is 3. The molecule has 1 N–H and O–H groups in total. The molecule has 0 unspecified atom stereocenters. The quantitative estimate of drug-likeness (QED) is 0.788. The average Bonchev–Trinajstić information content (AvgIpc) is 2.59. The van der Waals surface area contributed by atoms with E-state index in [0.29, 0.717) is 16.5 Å². The summed E-state index contributed by atoms with van der Waals surface area (Å²) < 4.78 is 1.44. The lowest BCUT2D eigenvalue weighted by molar-refractivity contribution is 0.101. The van der Waals surface area contributed by atoms with Gasteiger partial charge >= 0.3 is 0 Å². The van der Waals surface area contributed by atoms with Crippen LogP contribution >= 0.6 is 11.6 Å². The maximum atomic E-state index is 11.3. The molecule has 0 atom stereocenters. The highest BCUT2D eigenvalue weighted by atomic mass is 35.5. The van der Waals surface area contributed by atoms with Gasteiger partial charge in [-0.1, -0.05) is 11.6 Å². The van der Waals surface area contributed by atoms with Crippen molar-refractivity contribution >= 4 is 28.7 Å². The van der Waals surface area contributed by atoms with Gasteiger partial charge in [0.2, 0.25) is 0 Å². The number of hydrogen-bond acceptors (Lipinski definition) is 4. The van der Waals surface area contributed by atoms with Gasteiger partial charge in [0.1, 0.15) is 5.69 Å². The van der Waals surface area contributed by atoms with E-state index in [2.05, 4.69) is 15.4 Å². The molecular formula is C9H9ClN4O. The number of hydrogen-bond donors (Lipinski definition) is 1. The predicted molar refractivity (Wildman–Crippen MR) is 57.5 cm³/mol. The minimum Gasteiger partial charge on any atom is -0.385 e. The highest BCUT2D eigenvalue weighted by Gasteiger charge is 2.12.